The van der Waals surface area contributed by atoms with E-state index in [1.807, 2.05) is 0 Å². The predicted molar refractivity (Wildman–Crippen MR) is 134 cm³/mol. The van der Waals surface area contributed by atoms with Gasteiger partial charge >= 0.3 is 0 Å². The molecule has 0 radical (unpaired) electrons. The Morgan fingerprint density at radius 2 is 2.00 bits per heavy atom. The smallest absolute Gasteiger partial charge is 0.253 e. The topological polar surface area (TPSA) is 103 Å². The van der Waals surface area contributed by atoms with Crippen molar-refractivity contribution in [3.05, 3.63) is 70.4 Å². The van der Waals surface area contributed by atoms with E-state index < -0.39 is 0 Å². The highest BCUT2D eigenvalue weighted by atomic mass is 35.5. The van der Waals surface area contributed by atoms with Crippen molar-refractivity contribution in [3.63, 3.8) is 0 Å². The van der Waals surface area contributed by atoms with Crippen molar-refractivity contribution in [2.45, 2.75) is 52.7 Å². The molecule has 0 saturated heterocycles. The summed E-state index contributed by atoms with van der Waals surface area (Å²) in [4.78, 5) is 31.3. The van der Waals surface area contributed by atoms with E-state index in [0.717, 1.165) is 6.29 Å². The first-order valence-corrected chi connectivity index (χ1v) is 11.9. The molecule has 1 aliphatic rings. The lowest BCUT2D eigenvalue weighted by atomic mass is 9.49. The molecule has 2 aromatic heterocycles. The number of aryl methyl sites for hydroxylation is 1. The zero-order valence-corrected chi connectivity index (χ0v) is 21.3. The second-order valence-electron chi connectivity index (χ2n) is 10.0. The summed E-state index contributed by atoms with van der Waals surface area (Å²) >= 11 is 6.17. The molecule has 0 spiro atoms. The fourth-order valence-corrected chi connectivity index (χ4v) is 5.40. The number of carbonyl (C=O) groups is 2. The SMILES string of the molecule is [C-]#[N+]c1ccc(OC2C(C)(C)C(NC(=O)c3ccc(-n4cc(CCC=O)nn4)nc3)C2(C)C)cc1Cl. The highest BCUT2D eigenvalue weighted by molar-refractivity contribution is 6.33. The van der Waals surface area contributed by atoms with Crippen LogP contribution >= 0.6 is 11.6 Å². The Bertz CT molecular complexity index is 1310. The molecule has 1 fully saturated rings. The maximum absolute atomic E-state index is 13.1. The molecule has 0 bridgehead atoms. The quantitative estimate of drug-likeness (QED) is 0.353. The van der Waals surface area contributed by atoms with Gasteiger partial charge in [0.25, 0.3) is 5.91 Å². The number of rotatable bonds is 8. The zero-order valence-electron chi connectivity index (χ0n) is 20.5. The molecule has 0 aliphatic heterocycles. The Morgan fingerprint density at radius 1 is 1.25 bits per heavy atom. The van der Waals surface area contributed by atoms with Gasteiger partial charge in [-0.15, -0.1) is 5.10 Å². The molecule has 0 unspecified atom stereocenters. The Morgan fingerprint density at radius 3 is 2.61 bits per heavy atom. The van der Waals surface area contributed by atoms with Crippen LogP contribution in [0.15, 0.2) is 42.7 Å². The van der Waals surface area contributed by atoms with Gasteiger partial charge in [-0.05, 0) is 30.7 Å². The van der Waals surface area contributed by atoms with Crippen molar-refractivity contribution in [2.75, 3.05) is 0 Å². The number of halogens is 1. The van der Waals surface area contributed by atoms with Gasteiger partial charge in [0.2, 0.25) is 5.69 Å². The molecule has 3 aromatic rings. The van der Waals surface area contributed by atoms with Crippen LogP contribution in [0, 0.1) is 17.4 Å². The predicted octanol–water partition coefficient (Wildman–Crippen LogP) is 4.61. The summed E-state index contributed by atoms with van der Waals surface area (Å²) in [5, 5.41) is 11.6. The van der Waals surface area contributed by atoms with Crippen LogP contribution in [0.5, 0.6) is 5.75 Å². The summed E-state index contributed by atoms with van der Waals surface area (Å²) in [6, 6.07) is 8.27. The molecular formula is C26H27ClN6O3. The van der Waals surface area contributed by atoms with E-state index >= 15 is 0 Å². The van der Waals surface area contributed by atoms with Gasteiger partial charge < -0.3 is 14.8 Å². The minimum atomic E-state index is -0.365. The Hall–Kier alpha value is -3.77. The number of carbonyl (C=O) groups excluding carboxylic acids is 2. The summed E-state index contributed by atoms with van der Waals surface area (Å²) in [5.41, 5.74) is 0.772. The maximum Gasteiger partial charge on any atom is 0.253 e. The largest absolute Gasteiger partial charge is 0.489 e. The number of hydrogen-bond acceptors (Lipinski definition) is 6. The molecule has 186 valence electrons. The normalized spacial score (nSPS) is 19.6. The molecule has 2 heterocycles. The minimum absolute atomic E-state index is 0.157. The van der Waals surface area contributed by atoms with E-state index in [1.54, 1.807) is 36.5 Å². The van der Waals surface area contributed by atoms with Gasteiger partial charge in [-0.3, -0.25) is 4.79 Å². The fraction of sp³-hybridized carbons (Fsp3) is 0.385. The molecule has 1 aliphatic carbocycles. The fourth-order valence-electron chi connectivity index (χ4n) is 5.19. The number of benzene rings is 1. The van der Waals surface area contributed by atoms with Gasteiger partial charge in [0, 0.05) is 29.5 Å². The summed E-state index contributed by atoms with van der Waals surface area (Å²) in [7, 11) is 0. The van der Waals surface area contributed by atoms with Crippen molar-refractivity contribution in [1.29, 1.82) is 0 Å². The number of nitrogens with one attached hydrogen (secondary N) is 1. The van der Waals surface area contributed by atoms with Gasteiger partial charge in [0.15, 0.2) is 5.82 Å². The van der Waals surface area contributed by atoms with Crippen LogP contribution in [0.25, 0.3) is 10.7 Å². The molecule has 9 nitrogen and oxygen atoms in total. The molecule has 0 atom stereocenters. The van der Waals surface area contributed by atoms with Crippen molar-refractivity contribution in [3.8, 4) is 11.6 Å². The first kappa shape index (κ1) is 25.3. The van der Waals surface area contributed by atoms with E-state index in [-0.39, 0.29) is 28.9 Å². The van der Waals surface area contributed by atoms with Gasteiger partial charge in [-0.25, -0.2) is 14.5 Å². The van der Waals surface area contributed by atoms with Crippen LogP contribution in [-0.2, 0) is 11.2 Å². The number of nitrogens with zero attached hydrogens (tertiary/aromatic N) is 5. The van der Waals surface area contributed by atoms with Gasteiger partial charge in [0.05, 0.1) is 29.0 Å². The van der Waals surface area contributed by atoms with Crippen molar-refractivity contribution in [2.24, 2.45) is 10.8 Å². The van der Waals surface area contributed by atoms with Crippen LogP contribution in [0.3, 0.4) is 0 Å². The summed E-state index contributed by atoms with van der Waals surface area (Å²) in [5.74, 6) is 0.885. The molecule has 1 amide bonds. The molecule has 10 heteroatoms. The number of aromatic nitrogens is 4. The third kappa shape index (κ3) is 4.69. The summed E-state index contributed by atoms with van der Waals surface area (Å²) < 4.78 is 7.80. The lowest BCUT2D eigenvalue weighted by Crippen LogP contribution is -2.74. The maximum atomic E-state index is 13.1. The second kappa shape index (κ2) is 9.70. The van der Waals surface area contributed by atoms with Crippen molar-refractivity contribution < 1.29 is 14.3 Å². The highest BCUT2D eigenvalue weighted by Crippen LogP contribution is 2.55. The van der Waals surface area contributed by atoms with E-state index in [2.05, 4.69) is 53.2 Å². The molecule has 4 rings (SSSR count). The lowest BCUT2D eigenvalue weighted by Gasteiger charge is -2.63. The average molecular weight is 507 g/mol. The third-order valence-electron chi connectivity index (χ3n) is 6.71. The van der Waals surface area contributed by atoms with Gasteiger partial charge in [0.1, 0.15) is 18.1 Å². The number of aldehydes is 1. The van der Waals surface area contributed by atoms with Crippen LogP contribution in [0.4, 0.5) is 5.69 Å². The molecule has 1 N–H and O–H groups in total. The number of amides is 1. The van der Waals surface area contributed by atoms with E-state index in [4.69, 9.17) is 22.9 Å². The van der Waals surface area contributed by atoms with Crippen LogP contribution in [0.2, 0.25) is 5.02 Å². The van der Waals surface area contributed by atoms with Crippen molar-refractivity contribution in [1.82, 2.24) is 25.3 Å². The third-order valence-corrected chi connectivity index (χ3v) is 7.02. The van der Waals surface area contributed by atoms with E-state index in [9.17, 15) is 9.59 Å². The molecule has 36 heavy (non-hydrogen) atoms. The first-order chi connectivity index (χ1) is 17.1. The highest BCUT2D eigenvalue weighted by Gasteiger charge is 2.64. The van der Waals surface area contributed by atoms with E-state index in [1.165, 1.54) is 10.9 Å². The van der Waals surface area contributed by atoms with Crippen LogP contribution in [-0.4, -0.2) is 44.3 Å². The first-order valence-electron chi connectivity index (χ1n) is 11.5. The summed E-state index contributed by atoms with van der Waals surface area (Å²) in [6.45, 7) is 15.4. The van der Waals surface area contributed by atoms with E-state index in [0.29, 0.717) is 46.4 Å². The molecule has 1 saturated carbocycles. The molecular weight excluding hydrogens is 480 g/mol. The van der Waals surface area contributed by atoms with Crippen LogP contribution < -0.4 is 10.1 Å². The summed E-state index contributed by atoms with van der Waals surface area (Å²) in [6.07, 6.45) is 4.77. The zero-order chi connectivity index (χ0) is 26.1. The van der Waals surface area contributed by atoms with Gasteiger partial charge in [-0.1, -0.05) is 50.6 Å². The standard InChI is InChI=1S/C26H27ClN6O3/c1-25(2)23(26(3,4)24(25)36-18-9-10-20(28-5)19(27)13-18)30-22(35)16-8-11-21(29-14-16)33-15-17(31-32-33)7-6-12-34/h8-15,23-24H,6-7H2,1-4H3,(H,30,35). The second-order valence-corrected chi connectivity index (χ2v) is 10.4. The lowest BCUT2D eigenvalue weighted by molar-refractivity contribution is -0.164. The van der Waals surface area contributed by atoms with Gasteiger partial charge in [-0.2, -0.15) is 0 Å². The monoisotopic (exact) mass is 506 g/mol. The minimum Gasteiger partial charge on any atom is -0.489 e. The molecule has 1 aromatic carbocycles. The number of ether oxygens (including phenoxy) is 1. The number of hydrogen-bond donors (Lipinski definition) is 1. The Balaban J connectivity index is 1.43. The van der Waals surface area contributed by atoms with Crippen molar-refractivity contribution >= 4 is 29.5 Å². The van der Waals surface area contributed by atoms with Crippen LogP contribution in [0.1, 0.15) is 50.2 Å². The average Bonchev–Trinajstić information content (AvgIpc) is 3.33. The number of pyridine rings is 1. The Labute approximate surface area is 214 Å². The Kier molecular flexibility index (Phi) is 6.83.